The van der Waals surface area contributed by atoms with Crippen LogP contribution in [0.3, 0.4) is 0 Å². The van der Waals surface area contributed by atoms with E-state index in [0.717, 1.165) is 24.9 Å². The molecule has 0 bridgehead atoms. The van der Waals surface area contributed by atoms with Gasteiger partial charge in [0.1, 0.15) is 5.69 Å². The van der Waals surface area contributed by atoms with Gasteiger partial charge in [-0.25, -0.2) is 4.79 Å². The fourth-order valence-corrected chi connectivity index (χ4v) is 3.26. The van der Waals surface area contributed by atoms with Crippen LogP contribution in [0.25, 0.3) is 0 Å². The molecule has 2 aromatic rings. The van der Waals surface area contributed by atoms with Crippen molar-refractivity contribution in [3.05, 3.63) is 53.3 Å². The number of rotatable bonds is 4. The third-order valence-electron chi connectivity index (χ3n) is 4.57. The first-order valence-corrected chi connectivity index (χ1v) is 8.24. The van der Waals surface area contributed by atoms with Crippen molar-refractivity contribution < 1.29 is 14.7 Å². The van der Waals surface area contributed by atoms with Crippen LogP contribution in [0, 0.1) is 0 Å². The van der Waals surface area contributed by atoms with Crippen molar-refractivity contribution >= 4 is 11.9 Å². The molecule has 6 heteroatoms. The van der Waals surface area contributed by atoms with Gasteiger partial charge in [0.05, 0.1) is 5.56 Å². The second kappa shape index (κ2) is 6.86. The number of piperidine rings is 1. The summed E-state index contributed by atoms with van der Waals surface area (Å²) in [4.78, 5) is 25.6. The molecule has 1 atom stereocenters. The van der Waals surface area contributed by atoms with Crippen LogP contribution in [0.1, 0.15) is 52.1 Å². The predicted molar refractivity (Wildman–Crippen MR) is 89.2 cm³/mol. The third-order valence-corrected chi connectivity index (χ3v) is 4.57. The first-order valence-electron chi connectivity index (χ1n) is 8.24. The van der Waals surface area contributed by atoms with E-state index in [9.17, 15) is 9.59 Å². The Morgan fingerprint density at radius 1 is 1.25 bits per heavy atom. The van der Waals surface area contributed by atoms with E-state index < -0.39 is 5.97 Å². The van der Waals surface area contributed by atoms with Crippen LogP contribution in [0.2, 0.25) is 0 Å². The Morgan fingerprint density at radius 2 is 2.00 bits per heavy atom. The number of likely N-dealkylation sites (tertiary alicyclic amines) is 1. The molecule has 0 aliphatic carbocycles. The number of benzene rings is 1. The molecular formula is C18H21N3O3. The van der Waals surface area contributed by atoms with Gasteiger partial charge in [-0.15, -0.1) is 0 Å². The number of carbonyl (C=O) groups excluding carboxylic acids is 1. The third kappa shape index (κ3) is 3.18. The molecule has 6 nitrogen and oxygen atoms in total. The van der Waals surface area contributed by atoms with Gasteiger partial charge in [0.2, 0.25) is 0 Å². The van der Waals surface area contributed by atoms with Gasteiger partial charge in [0.15, 0.2) is 0 Å². The topological polar surface area (TPSA) is 75.4 Å². The summed E-state index contributed by atoms with van der Waals surface area (Å²) in [6.45, 7) is 4.03. The van der Waals surface area contributed by atoms with Crippen LogP contribution in [0.4, 0.5) is 0 Å². The maximum Gasteiger partial charge on any atom is 0.335 e. The van der Waals surface area contributed by atoms with Gasteiger partial charge in [0.25, 0.3) is 5.91 Å². The van der Waals surface area contributed by atoms with Crippen LogP contribution in [0.5, 0.6) is 0 Å². The molecule has 1 amide bonds. The average Bonchev–Trinajstić information content (AvgIpc) is 3.10. The molecule has 0 unspecified atom stereocenters. The van der Waals surface area contributed by atoms with Crippen LogP contribution >= 0.6 is 0 Å². The smallest absolute Gasteiger partial charge is 0.335 e. The zero-order chi connectivity index (χ0) is 17.1. The highest BCUT2D eigenvalue weighted by Crippen LogP contribution is 2.28. The highest BCUT2D eigenvalue weighted by atomic mass is 16.4. The normalized spacial score (nSPS) is 17.7. The number of nitrogens with zero attached hydrogens (tertiary/aromatic N) is 3. The molecule has 1 fully saturated rings. The van der Waals surface area contributed by atoms with Gasteiger partial charge >= 0.3 is 5.97 Å². The minimum Gasteiger partial charge on any atom is -0.478 e. The Morgan fingerprint density at radius 3 is 2.67 bits per heavy atom. The first-order chi connectivity index (χ1) is 11.6. The fourth-order valence-electron chi connectivity index (χ4n) is 3.26. The molecule has 1 saturated heterocycles. The van der Waals surface area contributed by atoms with E-state index in [1.54, 1.807) is 29.1 Å². The molecule has 1 N–H and O–H groups in total. The molecule has 0 saturated carbocycles. The number of carboxylic acid groups (broad SMARTS) is 1. The average molecular weight is 327 g/mol. The SMILES string of the molecule is CCn1nccc1C(=O)N1CCC[C@H](c2ccc(C(=O)O)cc2)C1. The zero-order valence-corrected chi connectivity index (χ0v) is 13.7. The van der Waals surface area contributed by atoms with E-state index in [-0.39, 0.29) is 17.4 Å². The van der Waals surface area contributed by atoms with Gasteiger partial charge in [-0.1, -0.05) is 12.1 Å². The van der Waals surface area contributed by atoms with E-state index in [1.165, 1.54) is 0 Å². The fraction of sp³-hybridized carbons (Fsp3) is 0.389. The van der Waals surface area contributed by atoms with Crippen molar-refractivity contribution in [1.82, 2.24) is 14.7 Å². The lowest BCUT2D eigenvalue weighted by Crippen LogP contribution is -2.40. The highest BCUT2D eigenvalue weighted by Gasteiger charge is 2.27. The Balaban J connectivity index is 1.74. The lowest BCUT2D eigenvalue weighted by Gasteiger charge is -2.33. The molecule has 0 radical (unpaired) electrons. The largest absolute Gasteiger partial charge is 0.478 e. The Labute approximate surface area is 140 Å². The standard InChI is InChI=1S/C18H21N3O3/c1-2-21-16(9-10-19-21)17(22)20-11-3-4-15(12-20)13-5-7-14(8-6-13)18(23)24/h5-10,15H,2-4,11-12H2,1H3,(H,23,24)/t15-/m0/s1. The van der Waals surface area contributed by atoms with E-state index in [1.807, 2.05) is 24.0 Å². The summed E-state index contributed by atoms with van der Waals surface area (Å²) in [6, 6.07) is 8.74. The predicted octanol–water partition coefficient (Wildman–Crippen LogP) is 2.62. The molecule has 24 heavy (non-hydrogen) atoms. The molecule has 2 heterocycles. The number of carbonyl (C=O) groups is 2. The Kier molecular flexibility index (Phi) is 4.64. The maximum atomic E-state index is 12.7. The minimum absolute atomic E-state index is 0.0150. The Bertz CT molecular complexity index is 736. The van der Waals surface area contributed by atoms with Gasteiger partial charge in [-0.3, -0.25) is 9.48 Å². The molecule has 0 spiro atoms. The molecular weight excluding hydrogens is 306 g/mol. The first kappa shape index (κ1) is 16.2. The summed E-state index contributed by atoms with van der Waals surface area (Å²) in [5.41, 5.74) is 2.00. The summed E-state index contributed by atoms with van der Waals surface area (Å²) in [6.07, 6.45) is 3.60. The van der Waals surface area contributed by atoms with Gasteiger partial charge in [0, 0.05) is 31.7 Å². The minimum atomic E-state index is -0.921. The van der Waals surface area contributed by atoms with Gasteiger partial charge in [-0.2, -0.15) is 5.10 Å². The summed E-state index contributed by atoms with van der Waals surface area (Å²) in [5.74, 6) is -0.667. The van der Waals surface area contributed by atoms with E-state index >= 15 is 0 Å². The second-order valence-electron chi connectivity index (χ2n) is 6.05. The number of carboxylic acids is 1. The quantitative estimate of drug-likeness (QED) is 0.936. The highest BCUT2D eigenvalue weighted by molar-refractivity contribution is 5.92. The number of aromatic nitrogens is 2. The van der Waals surface area contributed by atoms with Crippen molar-refractivity contribution in [3.63, 3.8) is 0 Å². The maximum absolute atomic E-state index is 12.7. The van der Waals surface area contributed by atoms with Gasteiger partial charge < -0.3 is 10.0 Å². The van der Waals surface area contributed by atoms with Crippen LogP contribution in [-0.4, -0.2) is 44.8 Å². The lowest BCUT2D eigenvalue weighted by atomic mass is 9.90. The molecule has 3 rings (SSSR count). The number of hydrogen-bond acceptors (Lipinski definition) is 3. The van der Waals surface area contributed by atoms with Gasteiger partial charge in [-0.05, 0) is 43.5 Å². The molecule has 1 aliphatic rings. The monoisotopic (exact) mass is 327 g/mol. The summed E-state index contributed by atoms with van der Waals surface area (Å²) in [5, 5.41) is 13.2. The van der Waals surface area contributed by atoms with Crippen LogP contribution in [-0.2, 0) is 6.54 Å². The molecule has 126 valence electrons. The zero-order valence-electron chi connectivity index (χ0n) is 13.7. The van der Waals surface area contributed by atoms with Crippen molar-refractivity contribution in [1.29, 1.82) is 0 Å². The number of hydrogen-bond donors (Lipinski definition) is 1. The summed E-state index contributed by atoms with van der Waals surface area (Å²) < 4.78 is 1.72. The van der Waals surface area contributed by atoms with Crippen molar-refractivity contribution in [2.75, 3.05) is 13.1 Å². The molecule has 1 aromatic heterocycles. The number of amides is 1. The molecule has 1 aliphatic heterocycles. The van der Waals surface area contributed by atoms with Crippen molar-refractivity contribution in [2.45, 2.75) is 32.2 Å². The van der Waals surface area contributed by atoms with E-state index in [4.69, 9.17) is 5.11 Å². The lowest BCUT2D eigenvalue weighted by molar-refractivity contribution is 0.0689. The van der Waals surface area contributed by atoms with E-state index in [2.05, 4.69) is 5.10 Å². The van der Waals surface area contributed by atoms with Crippen molar-refractivity contribution in [2.24, 2.45) is 0 Å². The number of aromatic carboxylic acids is 1. The second-order valence-corrected chi connectivity index (χ2v) is 6.05. The van der Waals surface area contributed by atoms with Crippen molar-refractivity contribution in [3.8, 4) is 0 Å². The Hall–Kier alpha value is -2.63. The summed E-state index contributed by atoms with van der Waals surface area (Å²) in [7, 11) is 0. The molecule has 1 aromatic carbocycles. The summed E-state index contributed by atoms with van der Waals surface area (Å²) >= 11 is 0. The van der Waals surface area contributed by atoms with Crippen LogP contribution < -0.4 is 0 Å². The number of aryl methyl sites for hydroxylation is 1. The van der Waals surface area contributed by atoms with E-state index in [0.29, 0.717) is 18.8 Å². The van der Waals surface area contributed by atoms with Crippen LogP contribution in [0.15, 0.2) is 36.5 Å².